The Bertz CT molecular complexity index is 1200. The molecule has 154 valence electrons. The first kappa shape index (κ1) is 20.1. The van der Waals surface area contributed by atoms with Gasteiger partial charge >= 0.3 is 0 Å². The van der Waals surface area contributed by atoms with Crippen molar-refractivity contribution in [3.05, 3.63) is 71.1 Å². The van der Waals surface area contributed by atoms with Crippen LogP contribution in [0.5, 0.6) is 0 Å². The van der Waals surface area contributed by atoms with E-state index < -0.39 is 0 Å². The Morgan fingerprint density at radius 2 is 1.90 bits per heavy atom. The van der Waals surface area contributed by atoms with E-state index >= 15 is 0 Å². The van der Waals surface area contributed by atoms with Crippen molar-refractivity contribution in [2.24, 2.45) is 0 Å². The van der Waals surface area contributed by atoms with Crippen LogP contribution in [0.4, 0.5) is 0 Å². The van der Waals surface area contributed by atoms with Gasteiger partial charge in [0.1, 0.15) is 0 Å². The highest BCUT2D eigenvalue weighted by atomic mass is 32.1. The predicted octanol–water partition coefficient (Wildman–Crippen LogP) is 4.47. The molecule has 4 aromatic rings. The van der Waals surface area contributed by atoms with Gasteiger partial charge in [0.05, 0.1) is 0 Å². The molecule has 4 rings (SSSR count). The number of hydrogen-bond acceptors (Lipinski definition) is 3. The van der Waals surface area contributed by atoms with Crippen LogP contribution in [0.3, 0.4) is 0 Å². The molecule has 0 fully saturated rings. The fourth-order valence-corrected chi connectivity index (χ4v) is 3.79. The second-order valence-electron chi connectivity index (χ2n) is 7.39. The fraction of sp³-hybridized carbons (Fsp3) is 0.261. The lowest BCUT2D eigenvalue weighted by atomic mass is 10.1. The molecular formula is C23H25N5OS. The Balaban J connectivity index is 1.28. The molecule has 1 amide bonds. The number of aryl methyl sites for hydroxylation is 2. The Kier molecular flexibility index (Phi) is 6.09. The maximum absolute atomic E-state index is 12.3. The zero-order valence-electron chi connectivity index (χ0n) is 17.0. The third kappa shape index (κ3) is 4.52. The van der Waals surface area contributed by atoms with Gasteiger partial charge in [-0.3, -0.25) is 14.5 Å². The van der Waals surface area contributed by atoms with E-state index in [-0.39, 0.29) is 5.91 Å². The highest BCUT2D eigenvalue weighted by Gasteiger charge is 2.10. The summed E-state index contributed by atoms with van der Waals surface area (Å²) in [6, 6.07) is 18.6. The summed E-state index contributed by atoms with van der Waals surface area (Å²) in [5.74, 6) is 0.776. The van der Waals surface area contributed by atoms with Crippen LogP contribution in [-0.4, -0.2) is 31.8 Å². The van der Waals surface area contributed by atoms with Crippen LogP contribution in [0.15, 0.2) is 60.8 Å². The lowest BCUT2D eigenvalue weighted by molar-refractivity contribution is -0.121. The first-order chi connectivity index (χ1) is 14.6. The summed E-state index contributed by atoms with van der Waals surface area (Å²) in [5, 5.41) is 11.4. The number of hydrogen-bond donors (Lipinski definition) is 2. The number of carbonyl (C=O) groups excluding carboxylic acids is 1. The van der Waals surface area contributed by atoms with E-state index in [1.165, 1.54) is 16.5 Å². The third-order valence-corrected chi connectivity index (χ3v) is 5.52. The maximum atomic E-state index is 12.3. The maximum Gasteiger partial charge on any atom is 0.221 e. The highest BCUT2D eigenvalue weighted by molar-refractivity contribution is 7.71. The standard InChI is InChI=1S/C23H25N5OS/c1-17-7-9-19(10-8-17)22-25-26-23(30)28(22)16-12-21(29)24-13-4-14-27-15-11-18-5-2-3-6-20(18)27/h2-3,5-11,15H,4,12-14,16H2,1H3,(H,24,29)(H,26,30). The van der Waals surface area contributed by atoms with E-state index in [0.29, 0.717) is 24.3 Å². The number of carbonyl (C=O) groups is 1. The van der Waals surface area contributed by atoms with Gasteiger partial charge in [-0.25, -0.2) is 0 Å². The van der Waals surface area contributed by atoms with Gasteiger partial charge in [0.2, 0.25) is 5.91 Å². The minimum atomic E-state index is 0.0188. The highest BCUT2D eigenvalue weighted by Crippen LogP contribution is 2.18. The molecular weight excluding hydrogens is 394 g/mol. The molecule has 0 aliphatic heterocycles. The van der Waals surface area contributed by atoms with Gasteiger partial charge in [0.15, 0.2) is 10.6 Å². The van der Waals surface area contributed by atoms with Crippen molar-refractivity contribution in [2.75, 3.05) is 6.54 Å². The second kappa shape index (κ2) is 9.09. The summed E-state index contributed by atoms with van der Waals surface area (Å²) in [4.78, 5) is 12.3. The third-order valence-electron chi connectivity index (χ3n) is 5.21. The van der Waals surface area contributed by atoms with Crippen molar-refractivity contribution in [2.45, 2.75) is 32.9 Å². The number of nitrogens with one attached hydrogen (secondary N) is 2. The molecule has 30 heavy (non-hydrogen) atoms. The number of nitrogens with zero attached hydrogens (tertiary/aromatic N) is 3. The summed E-state index contributed by atoms with van der Waals surface area (Å²) in [6.45, 7) is 4.06. The average Bonchev–Trinajstić information content (AvgIpc) is 3.34. The average molecular weight is 420 g/mol. The van der Waals surface area contributed by atoms with E-state index in [1.54, 1.807) is 0 Å². The zero-order chi connectivity index (χ0) is 20.9. The van der Waals surface area contributed by atoms with Gasteiger partial charge in [-0.2, -0.15) is 5.10 Å². The van der Waals surface area contributed by atoms with Crippen molar-refractivity contribution >= 4 is 29.0 Å². The largest absolute Gasteiger partial charge is 0.356 e. The van der Waals surface area contributed by atoms with Gasteiger partial charge in [-0.1, -0.05) is 48.0 Å². The summed E-state index contributed by atoms with van der Waals surface area (Å²) in [5.41, 5.74) is 3.39. The van der Waals surface area contributed by atoms with E-state index in [0.717, 1.165) is 24.4 Å². The normalized spacial score (nSPS) is 11.1. The Morgan fingerprint density at radius 1 is 1.10 bits per heavy atom. The molecule has 0 unspecified atom stereocenters. The van der Waals surface area contributed by atoms with Crippen molar-refractivity contribution in [3.8, 4) is 11.4 Å². The topological polar surface area (TPSA) is 67.6 Å². The molecule has 2 aromatic carbocycles. The molecule has 0 radical (unpaired) electrons. The second-order valence-corrected chi connectivity index (χ2v) is 7.78. The minimum absolute atomic E-state index is 0.0188. The predicted molar refractivity (Wildman–Crippen MR) is 122 cm³/mol. The summed E-state index contributed by atoms with van der Waals surface area (Å²) < 4.78 is 4.63. The lowest BCUT2D eigenvalue weighted by Gasteiger charge is -2.09. The first-order valence-electron chi connectivity index (χ1n) is 10.1. The van der Waals surface area contributed by atoms with Gasteiger partial charge in [-0.15, -0.1) is 0 Å². The number of fused-ring (bicyclic) bond motifs is 1. The SMILES string of the molecule is Cc1ccc(-c2n[nH]c(=S)n2CCC(=O)NCCCn2ccc3ccccc32)cc1. The van der Waals surface area contributed by atoms with Crippen LogP contribution in [0.25, 0.3) is 22.3 Å². The number of aromatic nitrogens is 4. The quantitative estimate of drug-likeness (QED) is 0.327. The molecule has 0 atom stereocenters. The zero-order valence-corrected chi connectivity index (χ0v) is 17.8. The van der Waals surface area contributed by atoms with E-state index in [1.807, 2.05) is 47.9 Å². The number of amides is 1. The Morgan fingerprint density at radius 3 is 2.73 bits per heavy atom. The molecule has 2 aromatic heterocycles. The Labute approximate surface area is 180 Å². The van der Waals surface area contributed by atoms with Gasteiger partial charge in [0, 0.05) is 43.3 Å². The van der Waals surface area contributed by atoms with Crippen molar-refractivity contribution in [3.63, 3.8) is 0 Å². The molecule has 7 heteroatoms. The van der Waals surface area contributed by atoms with Crippen LogP contribution in [-0.2, 0) is 17.9 Å². The molecule has 0 bridgehead atoms. The fourth-order valence-electron chi connectivity index (χ4n) is 3.56. The first-order valence-corrected chi connectivity index (χ1v) is 10.6. The number of H-pyrrole nitrogens is 1. The monoisotopic (exact) mass is 419 g/mol. The van der Waals surface area contributed by atoms with Gasteiger partial charge in [0.25, 0.3) is 0 Å². The number of benzene rings is 2. The summed E-state index contributed by atoms with van der Waals surface area (Å²) in [7, 11) is 0. The van der Waals surface area contributed by atoms with Crippen LogP contribution >= 0.6 is 12.2 Å². The van der Waals surface area contributed by atoms with Gasteiger partial charge < -0.3 is 9.88 Å². The molecule has 0 aliphatic rings. The smallest absolute Gasteiger partial charge is 0.221 e. The molecule has 2 N–H and O–H groups in total. The minimum Gasteiger partial charge on any atom is -0.356 e. The molecule has 0 aliphatic carbocycles. The lowest BCUT2D eigenvalue weighted by Crippen LogP contribution is -2.26. The molecule has 0 saturated carbocycles. The summed E-state index contributed by atoms with van der Waals surface area (Å²) >= 11 is 5.35. The van der Waals surface area contributed by atoms with E-state index in [2.05, 4.69) is 44.5 Å². The number of rotatable bonds is 8. The molecule has 0 saturated heterocycles. The van der Waals surface area contributed by atoms with Crippen molar-refractivity contribution in [1.82, 2.24) is 24.6 Å². The molecule has 6 nitrogen and oxygen atoms in total. The summed E-state index contributed by atoms with van der Waals surface area (Å²) in [6.07, 6.45) is 3.34. The molecule has 2 heterocycles. The van der Waals surface area contributed by atoms with Gasteiger partial charge in [-0.05, 0) is 43.1 Å². The number of aromatic amines is 1. The number of para-hydroxylation sites is 1. The van der Waals surface area contributed by atoms with Crippen molar-refractivity contribution in [1.29, 1.82) is 0 Å². The van der Waals surface area contributed by atoms with Crippen molar-refractivity contribution < 1.29 is 4.79 Å². The van der Waals surface area contributed by atoms with E-state index in [9.17, 15) is 4.79 Å². The molecule has 0 spiro atoms. The van der Waals surface area contributed by atoms with Crippen LogP contribution < -0.4 is 5.32 Å². The van der Waals surface area contributed by atoms with Crippen LogP contribution in [0.2, 0.25) is 0 Å². The van der Waals surface area contributed by atoms with E-state index in [4.69, 9.17) is 12.2 Å². The van der Waals surface area contributed by atoms with Crippen LogP contribution in [0, 0.1) is 11.7 Å². The Hall–Kier alpha value is -3.19. The van der Waals surface area contributed by atoms with Crippen LogP contribution in [0.1, 0.15) is 18.4 Å².